The number of benzene rings is 2. The van der Waals surface area contributed by atoms with Crippen molar-refractivity contribution in [1.82, 2.24) is 25.2 Å². The molecule has 11 heteroatoms. The summed E-state index contributed by atoms with van der Waals surface area (Å²) in [6.45, 7) is 3.28. The lowest BCUT2D eigenvalue weighted by Crippen LogP contribution is -2.32. The fourth-order valence-corrected chi connectivity index (χ4v) is 5.54. The molecule has 0 saturated heterocycles. The minimum atomic E-state index is -0.548. The number of aromatic nitrogens is 3. The summed E-state index contributed by atoms with van der Waals surface area (Å²) in [4.78, 5) is 20.3. The summed E-state index contributed by atoms with van der Waals surface area (Å²) in [5.74, 6) is -0.0722. The number of hydrogen-bond acceptors (Lipinski definition) is 6. The monoisotopic (exact) mass is 593 g/mol. The third-order valence-electron chi connectivity index (χ3n) is 7.82. The molecule has 0 unspecified atom stereocenters. The van der Waals surface area contributed by atoms with Crippen LogP contribution in [0.5, 0.6) is 0 Å². The molecule has 4 aromatic rings. The average molecular weight is 594 g/mol. The second-order valence-electron chi connectivity index (χ2n) is 11.1. The van der Waals surface area contributed by atoms with Gasteiger partial charge in [-0.15, -0.1) is 0 Å². The third kappa shape index (κ3) is 6.73. The Labute approximate surface area is 248 Å². The zero-order chi connectivity index (χ0) is 29.9. The fourth-order valence-electron chi connectivity index (χ4n) is 5.30. The Morgan fingerprint density at radius 3 is 2.69 bits per heavy atom. The summed E-state index contributed by atoms with van der Waals surface area (Å²) in [7, 11) is 0. The molecule has 9 nitrogen and oxygen atoms in total. The Morgan fingerprint density at radius 1 is 1.24 bits per heavy atom. The minimum absolute atomic E-state index is 0.0151. The van der Waals surface area contributed by atoms with E-state index in [4.69, 9.17) is 27.9 Å². The maximum absolute atomic E-state index is 15.1. The molecule has 0 bridgehead atoms. The summed E-state index contributed by atoms with van der Waals surface area (Å²) < 4.78 is 16.6. The second-order valence-corrected chi connectivity index (χ2v) is 11.5. The first-order valence-electron chi connectivity index (χ1n) is 14.3. The number of aliphatic hydroxyl groups is 1. The van der Waals surface area contributed by atoms with Gasteiger partial charge in [-0.1, -0.05) is 23.7 Å². The number of halogens is 2. The Balaban J connectivity index is 1.34. The Kier molecular flexibility index (Phi) is 9.08. The van der Waals surface area contributed by atoms with Crippen molar-refractivity contribution >= 4 is 28.5 Å². The minimum Gasteiger partial charge on any atom is -0.395 e. The van der Waals surface area contributed by atoms with Gasteiger partial charge < -0.3 is 26.5 Å². The molecule has 5 rings (SSSR count). The lowest BCUT2D eigenvalue weighted by molar-refractivity contribution is 0.258. The van der Waals surface area contributed by atoms with E-state index in [0.29, 0.717) is 46.7 Å². The topological polar surface area (TPSA) is 145 Å². The molecule has 0 aliphatic heterocycles. The van der Waals surface area contributed by atoms with Crippen LogP contribution < -0.4 is 22.1 Å². The summed E-state index contributed by atoms with van der Waals surface area (Å²) in [6, 6.07) is 12.8. The first-order valence-corrected chi connectivity index (χ1v) is 14.7. The Morgan fingerprint density at radius 2 is 2.00 bits per heavy atom. The molecule has 1 saturated carbocycles. The molecule has 1 atom stereocenters. The van der Waals surface area contributed by atoms with E-state index in [1.54, 1.807) is 31.3 Å². The summed E-state index contributed by atoms with van der Waals surface area (Å²) in [5.41, 5.74) is 9.20. The zero-order valence-electron chi connectivity index (χ0n) is 23.6. The van der Waals surface area contributed by atoms with E-state index >= 15 is 4.39 Å². The van der Waals surface area contributed by atoms with Gasteiger partial charge in [-0.25, -0.2) is 9.18 Å². The van der Waals surface area contributed by atoms with Gasteiger partial charge in [0.2, 0.25) is 0 Å². The highest BCUT2D eigenvalue weighted by Gasteiger charge is 2.43. The maximum atomic E-state index is 15.1. The lowest BCUT2D eigenvalue weighted by Gasteiger charge is -2.19. The van der Waals surface area contributed by atoms with Gasteiger partial charge in [-0.3, -0.25) is 9.98 Å². The zero-order valence-corrected chi connectivity index (χ0v) is 24.4. The van der Waals surface area contributed by atoms with Gasteiger partial charge >= 0.3 is 5.69 Å². The van der Waals surface area contributed by atoms with Crippen LogP contribution in [0.1, 0.15) is 50.2 Å². The smallest absolute Gasteiger partial charge is 0.354 e. The fraction of sp³-hybridized carbons (Fsp3) is 0.387. The van der Waals surface area contributed by atoms with E-state index in [0.717, 1.165) is 44.3 Å². The molecule has 0 spiro atoms. The molecule has 2 aromatic carbocycles. The van der Waals surface area contributed by atoms with Crippen molar-refractivity contribution in [2.75, 3.05) is 19.7 Å². The number of aliphatic hydroxyl groups excluding tert-OH is 1. The molecule has 7 N–H and O–H groups in total. The molecule has 2 aromatic heterocycles. The van der Waals surface area contributed by atoms with Crippen LogP contribution in [0.4, 0.5) is 4.39 Å². The van der Waals surface area contributed by atoms with Crippen molar-refractivity contribution in [1.29, 1.82) is 5.41 Å². The molecule has 222 valence electrons. The number of nitrogens with zero attached hydrogens (tertiary/aromatic N) is 2. The normalized spacial score (nSPS) is 14.7. The number of hydrogen-bond donors (Lipinski definition) is 6. The molecule has 0 radical (unpaired) electrons. The number of amidine groups is 1. The van der Waals surface area contributed by atoms with Crippen LogP contribution in [0.3, 0.4) is 0 Å². The van der Waals surface area contributed by atoms with Crippen molar-refractivity contribution in [2.24, 2.45) is 5.73 Å². The molecule has 1 fully saturated rings. The van der Waals surface area contributed by atoms with Crippen LogP contribution in [0.25, 0.3) is 28.0 Å². The predicted octanol–water partition coefficient (Wildman–Crippen LogP) is 4.37. The second kappa shape index (κ2) is 12.7. The Bertz CT molecular complexity index is 1630. The standard InChI is InChI=1S/C31H37ClFN7O2/c1-19(34)36-12-3-13-37-31(10-11-31)22-6-8-24(9-7-22)40-17-21-16-27(38-29(21)39-30(40)42)25-14-20(15-26(32)28(25)33)4-2-5-23(35)18-41/h6-9,14-17,23,37,41H,2-5,10-13,18,35H2,1H3,(H2,34,36)(H,38,39,42)/t23-/m1/s1. The van der Waals surface area contributed by atoms with E-state index in [9.17, 15) is 4.79 Å². The number of aromatic amines is 1. The molecule has 42 heavy (non-hydrogen) atoms. The summed E-state index contributed by atoms with van der Waals surface area (Å²) in [6.07, 6.45) is 6.76. The van der Waals surface area contributed by atoms with E-state index in [2.05, 4.69) is 20.6 Å². The summed E-state index contributed by atoms with van der Waals surface area (Å²) in [5, 5.41) is 24.0. The number of rotatable bonds is 13. The number of fused-ring (bicyclic) bond motifs is 1. The number of H-pyrrole nitrogens is 1. The maximum Gasteiger partial charge on any atom is 0.354 e. The van der Waals surface area contributed by atoms with Gasteiger partial charge in [0.15, 0.2) is 5.82 Å². The summed E-state index contributed by atoms with van der Waals surface area (Å²) >= 11 is 6.23. The van der Waals surface area contributed by atoms with Crippen molar-refractivity contribution in [3.05, 3.63) is 81.1 Å². The van der Waals surface area contributed by atoms with Crippen LogP contribution >= 0.6 is 11.6 Å². The predicted molar refractivity (Wildman–Crippen MR) is 165 cm³/mol. The lowest BCUT2D eigenvalue weighted by atomic mass is 10.0. The quantitative estimate of drug-likeness (QED) is 0.0771. The highest BCUT2D eigenvalue weighted by Crippen LogP contribution is 2.45. The number of nitrogens with one attached hydrogen (secondary N) is 4. The van der Waals surface area contributed by atoms with Gasteiger partial charge in [0.25, 0.3) is 0 Å². The van der Waals surface area contributed by atoms with Gasteiger partial charge in [0.1, 0.15) is 5.65 Å². The largest absolute Gasteiger partial charge is 0.395 e. The molecule has 1 aliphatic carbocycles. The van der Waals surface area contributed by atoms with Crippen LogP contribution in [0.2, 0.25) is 5.02 Å². The van der Waals surface area contributed by atoms with Crippen LogP contribution in [-0.2, 0) is 12.0 Å². The first kappa shape index (κ1) is 29.9. The van der Waals surface area contributed by atoms with E-state index in [-0.39, 0.29) is 23.2 Å². The van der Waals surface area contributed by atoms with Crippen molar-refractivity contribution in [3.63, 3.8) is 0 Å². The molecule has 0 amide bonds. The highest BCUT2D eigenvalue weighted by atomic mass is 35.5. The SMILES string of the molecule is CC(=N)NCCCNC1(c2ccc(-n3cc4cc(-c5cc(CCC[C@@H](N)CO)cc(Cl)c5F)[nH]c4nc3=O)cc2)CC1. The van der Waals surface area contributed by atoms with Crippen molar-refractivity contribution in [3.8, 4) is 16.9 Å². The molecule has 1 aliphatic rings. The van der Waals surface area contributed by atoms with E-state index < -0.39 is 11.5 Å². The van der Waals surface area contributed by atoms with Gasteiger partial charge in [0.05, 0.1) is 28.8 Å². The van der Waals surface area contributed by atoms with Crippen LogP contribution in [-0.4, -0.2) is 51.2 Å². The molecule has 2 heterocycles. The highest BCUT2D eigenvalue weighted by molar-refractivity contribution is 6.31. The van der Waals surface area contributed by atoms with Crippen molar-refractivity contribution in [2.45, 2.75) is 57.0 Å². The Hall–Kier alpha value is -3.57. The number of aryl methyl sites for hydroxylation is 1. The molecular weight excluding hydrogens is 557 g/mol. The van der Waals surface area contributed by atoms with Crippen LogP contribution in [0.15, 0.2) is 53.5 Å². The van der Waals surface area contributed by atoms with E-state index in [1.165, 1.54) is 10.1 Å². The molecular formula is C31H37ClFN7O2. The third-order valence-corrected chi connectivity index (χ3v) is 8.09. The van der Waals surface area contributed by atoms with Crippen LogP contribution in [0, 0.1) is 11.2 Å². The van der Waals surface area contributed by atoms with Gasteiger partial charge in [-0.2, -0.15) is 4.98 Å². The first-order chi connectivity index (χ1) is 20.2. The van der Waals surface area contributed by atoms with Gasteiger partial charge in [-0.05, 0) is 93.5 Å². The number of nitrogens with two attached hydrogens (primary N) is 1. The van der Waals surface area contributed by atoms with Gasteiger partial charge in [0, 0.05) is 35.3 Å². The van der Waals surface area contributed by atoms with E-state index in [1.807, 2.05) is 24.3 Å². The van der Waals surface area contributed by atoms with Crippen molar-refractivity contribution < 1.29 is 9.50 Å². The average Bonchev–Trinajstić information content (AvgIpc) is 3.65.